The molecule has 0 aliphatic carbocycles. The van der Waals surface area contributed by atoms with E-state index in [-0.39, 0.29) is 11.3 Å². The Kier molecular flexibility index (Phi) is 5.44. The first-order valence-electron chi connectivity index (χ1n) is 11.4. The first-order chi connectivity index (χ1) is 15.9. The second-order valence-electron chi connectivity index (χ2n) is 9.24. The van der Waals surface area contributed by atoms with Crippen molar-refractivity contribution in [3.05, 3.63) is 71.4 Å². The van der Waals surface area contributed by atoms with Gasteiger partial charge in [-0.1, -0.05) is 24.3 Å². The third-order valence-electron chi connectivity index (χ3n) is 6.80. The average Bonchev–Trinajstić information content (AvgIpc) is 2.84. The largest absolute Gasteiger partial charge is 0.356 e. The smallest absolute Gasteiger partial charge is 0.274 e. The van der Waals surface area contributed by atoms with Crippen molar-refractivity contribution in [2.45, 2.75) is 31.7 Å². The van der Waals surface area contributed by atoms with Gasteiger partial charge in [-0.25, -0.2) is 9.97 Å². The van der Waals surface area contributed by atoms with Crippen LogP contribution in [0.2, 0.25) is 0 Å². The zero-order chi connectivity index (χ0) is 23.0. The predicted molar refractivity (Wildman–Crippen MR) is 127 cm³/mol. The van der Waals surface area contributed by atoms with Crippen molar-refractivity contribution < 1.29 is 4.79 Å². The van der Waals surface area contributed by atoms with Crippen molar-refractivity contribution in [1.82, 2.24) is 24.8 Å². The van der Waals surface area contributed by atoms with E-state index in [1.54, 1.807) is 12.4 Å². The van der Waals surface area contributed by atoms with Crippen LogP contribution in [0.4, 0.5) is 11.8 Å². The summed E-state index contributed by atoms with van der Waals surface area (Å²) in [7, 11) is 3.90. The molecule has 2 aliphatic heterocycles. The minimum atomic E-state index is -0.0729. The third-order valence-corrected chi connectivity index (χ3v) is 6.80. The van der Waals surface area contributed by atoms with E-state index < -0.39 is 0 Å². The van der Waals surface area contributed by atoms with Gasteiger partial charge in [0.2, 0.25) is 5.95 Å². The Bertz CT molecular complexity index is 1150. The molecule has 0 atom stereocenters. The molecule has 0 N–H and O–H groups in total. The maximum absolute atomic E-state index is 13.3. The number of aromatic nitrogens is 4. The number of carbonyl (C=O) groups is 1. The van der Waals surface area contributed by atoms with Gasteiger partial charge in [0.1, 0.15) is 11.5 Å². The highest BCUT2D eigenvalue weighted by Crippen LogP contribution is 2.42. The standard InChI is InChI=1S/C25H29N7O/c1-18-14-28-21(15-27-18)23(33)32-16-19-6-4-5-7-20(19)25(17-32)9-12-31(13-10-25)22-8-11-26-24(29-22)30(2)3/h4-8,11,14-15H,9-10,12-13,16-17H2,1-3H3. The number of amides is 1. The number of rotatable bonds is 3. The first kappa shape index (κ1) is 21.3. The molecule has 1 fully saturated rings. The molecule has 0 bridgehead atoms. The van der Waals surface area contributed by atoms with E-state index in [1.165, 1.54) is 11.1 Å². The van der Waals surface area contributed by atoms with Crippen LogP contribution in [0.3, 0.4) is 0 Å². The number of anilines is 2. The average molecular weight is 444 g/mol. The summed E-state index contributed by atoms with van der Waals surface area (Å²) in [5.41, 5.74) is 3.74. The maximum atomic E-state index is 13.3. The van der Waals surface area contributed by atoms with Gasteiger partial charge in [0.05, 0.1) is 11.9 Å². The number of hydrogen-bond acceptors (Lipinski definition) is 7. The van der Waals surface area contributed by atoms with Gasteiger partial charge < -0.3 is 14.7 Å². The van der Waals surface area contributed by atoms with E-state index in [0.717, 1.165) is 37.4 Å². The molecule has 0 unspecified atom stereocenters. The molecule has 33 heavy (non-hydrogen) atoms. The summed E-state index contributed by atoms with van der Waals surface area (Å²) in [6.45, 7) is 4.93. The molecule has 3 aromatic rings. The highest BCUT2D eigenvalue weighted by Gasteiger charge is 2.43. The van der Waals surface area contributed by atoms with Gasteiger partial charge in [-0.2, -0.15) is 4.98 Å². The van der Waals surface area contributed by atoms with Crippen LogP contribution in [0.15, 0.2) is 48.9 Å². The van der Waals surface area contributed by atoms with Crippen LogP contribution in [-0.2, 0) is 12.0 Å². The molecule has 2 aliphatic rings. The summed E-state index contributed by atoms with van der Waals surface area (Å²) in [5, 5.41) is 0. The SMILES string of the molecule is Cc1cnc(C(=O)N2Cc3ccccc3C3(CCN(c4ccnc(N(C)C)n4)CC3)C2)cn1. The normalized spacial score (nSPS) is 17.1. The first-order valence-corrected chi connectivity index (χ1v) is 11.4. The lowest BCUT2D eigenvalue weighted by molar-refractivity contribution is 0.0641. The highest BCUT2D eigenvalue weighted by atomic mass is 16.2. The number of nitrogens with zero attached hydrogens (tertiary/aromatic N) is 7. The lowest BCUT2D eigenvalue weighted by atomic mass is 9.68. The molecule has 1 spiro atoms. The third kappa shape index (κ3) is 4.01. The van der Waals surface area contributed by atoms with Crippen LogP contribution in [0.1, 0.15) is 40.2 Å². The van der Waals surface area contributed by atoms with Crippen molar-refractivity contribution >= 4 is 17.7 Å². The number of fused-ring (bicyclic) bond motifs is 2. The van der Waals surface area contributed by atoms with E-state index in [1.807, 2.05) is 43.1 Å². The van der Waals surface area contributed by atoms with Gasteiger partial charge in [0.15, 0.2) is 0 Å². The number of piperidine rings is 1. The molecule has 0 saturated carbocycles. The van der Waals surface area contributed by atoms with Crippen LogP contribution in [-0.4, -0.2) is 64.5 Å². The van der Waals surface area contributed by atoms with E-state index in [2.05, 4.69) is 44.1 Å². The van der Waals surface area contributed by atoms with E-state index in [4.69, 9.17) is 4.98 Å². The predicted octanol–water partition coefficient (Wildman–Crippen LogP) is 2.84. The van der Waals surface area contributed by atoms with Gasteiger partial charge >= 0.3 is 0 Å². The van der Waals surface area contributed by atoms with E-state index >= 15 is 0 Å². The fourth-order valence-electron chi connectivity index (χ4n) is 5.02. The highest BCUT2D eigenvalue weighted by molar-refractivity contribution is 5.92. The minimum absolute atomic E-state index is 0.0507. The van der Waals surface area contributed by atoms with Gasteiger partial charge in [-0.05, 0) is 37.0 Å². The number of aryl methyl sites for hydroxylation is 1. The molecule has 1 aromatic carbocycles. The minimum Gasteiger partial charge on any atom is -0.356 e. The topological polar surface area (TPSA) is 78.4 Å². The fraction of sp³-hybridized carbons (Fsp3) is 0.400. The Morgan fingerprint density at radius 2 is 1.82 bits per heavy atom. The molecular formula is C25H29N7O. The molecule has 8 heteroatoms. The van der Waals surface area contributed by atoms with E-state index in [0.29, 0.717) is 24.7 Å². The quantitative estimate of drug-likeness (QED) is 0.616. The van der Waals surface area contributed by atoms with Crippen LogP contribution in [0, 0.1) is 6.92 Å². The molecule has 1 amide bonds. The molecule has 8 nitrogen and oxygen atoms in total. The summed E-state index contributed by atoms with van der Waals surface area (Å²) >= 11 is 0. The van der Waals surface area contributed by atoms with Crippen LogP contribution in [0.5, 0.6) is 0 Å². The van der Waals surface area contributed by atoms with Crippen molar-refractivity contribution in [3.8, 4) is 0 Å². The molecule has 170 valence electrons. The summed E-state index contributed by atoms with van der Waals surface area (Å²) in [6.07, 6.45) is 6.97. The number of hydrogen-bond donors (Lipinski definition) is 0. The van der Waals surface area contributed by atoms with Crippen LogP contribution >= 0.6 is 0 Å². The molecule has 5 rings (SSSR count). The summed E-state index contributed by atoms with van der Waals surface area (Å²) < 4.78 is 0. The molecular weight excluding hydrogens is 414 g/mol. The van der Waals surface area contributed by atoms with Gasteiger partial charge in [-0.3, -0.25) is 9.78 Å². The summed E-state index contributed by atoms with van der Waals surface area (Å²) in [4.78, 5) is 37.2. The maximum Gasteiger partial charge on any atom is 0.274 e. The summed E-state index contributed by atoms with van der Waals surface area (Å²) in [6, 6.07) is 10.5. The molecule has 1 saturated heterocycles. The van der Waals surface area contributed by atoms with Gasteiger partial charge in [0.25, 0.3) is 5.91 Å². The Balaban J connectivity index is 1.40. The molecule has 4 heterocycles. The monoisotopic (exact) mass is 443 g/mol. The molecule has 2 aromatic heterocycles. The zero-order valence-corrected chi connectivity index (χ0v) is 19.4. The second kappa shape index (κ2) is 8.42. The Labute approximate surface area is 194 Å². The Morgan fingerprint density at radius 1 is 1.03 bits per heavy atom. The number of benzene rings is 1. The van der Waals surface area contributed by atoms with Crippen LogP contribution in [0.25, 0.3) is 0 Å². The molecule has 0 radical (unpaired) electrons. The van der Waals surface area contributed by atoms with E-state index in [9.17, 15) is 4.79 Å². The zero-order valence-electron chi connectivity index (χ0n) is 19.4. The van der Waals surface area contributed by atoms with Gasteiger partial charge in [-0.15, -0.1) is 0 Å². The van der Waals surface area contributed by atoms with Crippen molar-refractivity contribution in [3.63, 3.8) is 0 Å². The lowest BCUT2D eigenvalue weighted by Gasteiger charge is -2.48. The summed E-state index contributed by atoms with van der Waals surface area (Å²) in [5.74, 6) is 1.62. The van der Waals surface area contributed by atoms with Crippen molar-refractivity contribution in [1.29, 1.82) is 0 Å². The van der Waals surface area contributed by atoms with Crippen molar-refractivity contribution in [2.75, 3.05) is 43.5 Å². The fourth-order valence-corrected chi connectivity index (χ4v) is 5.02. The van der Waals surface area contributed by atoms with Crippen LogP contribution < -0.4 is 9.80 Å². The Morgan fingerprint density at radius 3 is 2.55 bits per heavy atom. The lowest BCUT2D eigenvalue weighted by Crippen LogP contribution is -2.53. The van der Waals surface area contributed by atoms with Gasteiger partial charge in [0, 0.05) is 58.1 Å². The Hall–Kier alpha value is -3.55. The second-order valence-corrected chi connectivity index (χ2v) is 9.24. The number of carbonyl (C=O) groups excluding carboxylic acids is 1. The van der Waals surface area contributed by atoms with Crippen molar-refractivity contribution in [2.24, 2.45) is 0 Å².